The summed E-state index contributed by atoms with van der Waals surface area (Å²) in [6.07, 6.45) is 0.0704. The maximum atomic E-state index is 12.6. The van der Waals surface area contributed by atoms with Crippen LogP contribution in [0.2, 0.25) is 0 Å². The molecule has 1 aromatic heterocycles. The van der Waals surface area contributed by atoms with Crippen molar-refractivity contribution >= 4 is 39.9 Å². The van der Waals surface area contributed by atoms with E-state index in [1.54, 1.807) is 24.3 Å². The predicted molar refractivity (Wildman–Crippen MR) is 121 cm³/mol. The van der Waals surface area contributed by atoms with Crippen molar-refractivity contribution in [1.82, 2.24) is 5.32 Å². The summed E-state index contributed by atoms with van der Waals surface area (Å²) >= 11 is 0. The van der Waals surface area contributed by atoms with Gasteiger partial charge in [0.25, 0.3) is 5.91 Å². The number of fused-ring (bicyclic) bond motifs is 2. The molecule has 0 radical (unpaired) electrons. The van der Waals surface area contributed by atoms with Gasteiger partial charge in [-0.25, -0.2) is 0 Å². The molecule has 1 aliphatic rings. The summed E-state index contributed by atoms with van der Waals surface area (Å²) in [5.41, 5.74) is 2.48. The van der Waals surface area contributed by atoms with Crippen LogP contribution in [-0.4, -0.2) is 30.2 Å². The molecular weight excluding hydrogens is 410 g/mol. The molecule has 0 aliphatic carbocycles. The first-order chi connectivity index (χ1) is 15.4. The van der Waals surface area contributed by atoms with Crippen LogP contribution in [0.25, 0.3) is 11.0 Å². The number of benzene rings is 2. The lowest BCUT2D eigenvalue weighted by atomic mass is 10.1. The van der Waals surface area contributed by atoms with E-state index >= 15 is 0 Å². The zero-order valence-electron chi connectivity index (χ0n) is 18.2. The Labute approximate surface area is 185 Å². The van der Waals surface area contributed by atoms with Crippen LogP contribution in [0.5, 0.6) is 5.75 Å². The third kappa shape index (κ3) is 4.22. The van der Waals surface area contributed by atoms with Crippen LogP contribution in [0.1, 0.15) is 49.4 Å². The zero-order valence-corrected chi connectivity index (χ0v) is 18.2. The molecular formula is C24H25N3O5. The van der Waals surface area contributed by atoms with Crippen LogP contribution in [0, 0.1) is 0 Å². The molecule has 166 valence electrons. The maximum Gasteiger partial charge on any atom is 0.265 e. The molecule has 3 N–H and O–H groups in total. The Balaban J connectivity index is 1.43. The summed E-state index contributed by atoms with van der Waals surface area (Å²) in [7, 11) is 0. The highest BCUT2D eigenvalue weighted by atomic mass is 16.5. The van der Waals surface area contributed by atoms with Gasteiger partial charge in [-0.2, -0.15) is 0 Å². The zero-order chi connectivity index (χ0) is 22.8. The second kappa shape index (κ2) is 8.84. The fourth-order valence-corrected chi connectivity index (χ4v) is 3.66. The van der Waals surface area contributed by atoms with E-state index in [4.69, 9.17) is 9.15 Å². The summed E-state index contributed by atoms with van der Waals surface area (Å²) in [5, 5.41) is 9.51. The van der Waals surface area contributed by atoms with Crippen LogP contribution >= 0.6 is 0 Å². The van der Waals surface area contributed by atoms with Gasteiger partial charge in [0.1, 0.15) is 11.3 Å². The number of rotatable bonds is 7. The number of hydrogen-bond donors (Lipinski definition) is 3. The van der Waals surface area contributed by atoms with Crippen LogP contribution in [-0.2, 0) is 9.59 Å². The van der Waals surface area contributed by atoms with E-state index in [1.807, 2.05) is 32.0 Å². The first-order valence-corrected chi connectivity index (χ1v) is 10.5. The second-order valence-corrected chi connectivity index (χ2v) is 7.77. The molecule has 0 fully saturated rings. The number of hydrogen-bond acceptors (Lipinski definition) is 6. The smallest absolute Gasteiger partial charge is 0.265 e. The number of Topliss-reactive ketones (excluding diaryl/α,β-unsaturated/α-hetero) is 1. The molecule has 2 heterocycles. The van der Waals surface area contributed by atoms with E-state index in [-0.39, 0.29) is 35.9 Å². The lowest BCUT2D eigenvalue weighted by Crippen LogP contribution is -2.36. The fourth-order valence-electron chi connectivity index (χ4n) is 3.66. The Hall–Kier alpha value is -3.65. The second-order valence-electron chi connectivity index (χ2n) is 7.77. The Morgan fingerprint density at radius 3 is 2.72 bits per heavy atom. The molecule has 2 unspecified atom stereocenters. The van der Waals surface area contributed by atoms with E-state index in [9.17, 15) is 14.4 Å². The average Bonchev–Trinajstić information content (AvgIpc) is 3.15. The standard InChI is InChI=1S/C24H25N3O5/c1-4-18-24(30)26-17-10-9-15(11-20(17)31-18)13(2)25-12-21(29)27-22-16-7-5-6-8-19(16)32-23(22)14(3)28/h5-11,13,18,25H,4,12H2,1-3H3,(H,26,30)(H,27,29). The molecule has 0 saturated carbocycles. The Kier molecular flexibility index (Phi) is 5.96. The van der Waals surface area contributed by atoms with Crippen LogP contribution in [0.15, 0.2) is 46.9 Å². The number of carbonyl (C=O) groups excluding carboxylic acids is 3. The number of furan rings is 1. The summed E-state index contributed by atoms with van der Waals surface area (Å²) in [5.74, 6) is 0.0464. The number of para-hydroxylation sites is 1. The first-order valence-electron chi connectivity index (χ1n) is 10.5. The average molecular weight is 435 g/mol. The predicted octanol–water partition coefficient (Wildman–Crippen LogP) is 4.03. The van der Waals surface area contributed by atoms with E-state index < -0.39 is 6.10 Å². The van der Waals surface area contributed by atoms with E-state index in [0.29, 0.717) is 34.5 Å². The molecule has 2 atom stereocenters. The summed E-state index contributed by atoms with van der Waals surface area (Å²) < 4.78 is 11.4. The quantitative estimate of drug-likeness (QED) is 0.483. The molecule has 2 aromatic carbocycles. The molecule has 2 amide bonds. The van der Waals surface area contributed by atoms with Crippen molar-refractivity contribution < 1.29 is 23.5 Å². The van der Waals surface area contributed by atoms with Crippen LogP contribution in [0.3, 0.4) is 0 Å². The lowest BCUT2D eigenvalue weighted by molar-refractivity contribution is -0.123. The minimum Gasteiger partial charge on any atom is -0.478 e. The van der Waals surface area contributed by atoms with Crippen molar-refractivity contribution in [2.24, 2.45) is 0 Å². The molecule has 0 saturated heterocycles. The van der Waals surface area contributed by atoms with Gasteiger partial charge in [-0.05, 0) is 43.2 Å². The molecule has 32 heavy (non-hydrogen) atoms. The van der Waals surface area contributed by atoms with E-state index in [1.165, 1.54) is 6.92 Å². The lowest BCUT2D eigenvalue weighted by Gasteiger charge is -2.26. The van der Waals surface area contributed by atoms with Gasteiger partial charge in [-0.1, -0.05) is 25.1 Å². The van der Waals surface area contributed by atoms with E-state index in [2.05, 4.69) is 16.0 Å². The topological polar surface area (TPSA) is 110 Å². The van der Waals surface area contributed by atoms with Crippen molar-refractivity contribution in [2.45, 2.75) is 39.3 Å². The first kappa shape index (κ1) is 21.6. The Morgan fingerprint density at radius 2 is 1.97 bits per heavy atom. The molecule has 0 bridgehead atoms. The number of anilines is 2. The molecule has 8 nitrogen and oxygen atoms in total. The van der Waals surface area contributed by atoms with E-state index in [0.717, 1.165) is 5.56 Å². The van der Waals surface area contributed by atoms with Gasteiger partial charge in [0.2, 0.25) is 5.91 Å². The number of ether oxygens (including phenoxy) is 1. The number of ketones is 1. The SMILES string of the molecule is CCC1Oc2cc(C(C)NCC(=O)Nc3c(C(C)=O)oc4ccccc34)ccc2NC1=O. The number of amides is 2. The molecule has 1 aliphatic heterocycles. The largest absolute Gasteiger partial charge is 0.478 e. The minimum atomic E-state index is -0.507. The molecule has 4 rings (SSSR count). The summed E-state index contributed by atoms with van der Waals surface area (Å²) in [6.45, 7) is 5.26. The summed E-state index contributed by atoms with van der Waals surface area (Å²) in [4.78, 5) is 36.5. The number of nitrogens with one attached hydrogen (secondary N) is 3. The van der Waals surface area contributed by atoms with Crippen molar-refractivity contribution in [2.75, 3.05) is 17.2 Å². The highest BCUT2D eigenvalue weighted by molar-refractivity contribution is 6.11. The van der Waals surface area contributed by atoms with Crippen molar-refractivity contribution in [3.63, 3.8) is 0 Å². The van der Waals surface area contributed by atoms with Gasteiger partial charge in [0.15, 0.2) is 17.6 Å². The van der Waals surface area contributed by atoms with Gasteiger partial charge in [-0.15, -0.1) is 0 Å². The number of carbonyl (C=O) groups is 3. The third-order valence-electron chi connectivity index (χ3n) is 5.44. The fraction of sp³-hybridized carbons (Fsp3) is 0.292. The highest BCUT2D eigenvalue weighted by Crippen LogP contribution is 2.33. The monoisotopic (exact) mass is 435 g/mol. The van der Waals surface area contributed by atoms with Gasteiger partial charge in [0.05, 0.1) is 17.9 Å². The molecule has 0 spiro atoms. The van der Waals surface area contributed by atoms with Crippen molar-refractivity contribution in [3.8, 4) is 5.75 Å². The van der Waals surface area contributed by atoms with Gasteiger partial charge in [-0.3, -0.25) is 14.4 Å². The Morgan fingerprint density at radius 1 is 1.19 bits per heavy atom. The highest BCUT2D eigenvalue weighted by Gasteiger charge is 2.26. The maximum absolute atomic E-state index is 12.6. The van der Waals surface area contributed by atoms with Gasteiger partial charge in [0, 0.05) is 18.4 Å². The molecule has 8 heteroatoms. The molecule has 3 aromatic rings. The van der Waals surface area contributed by atoms with Crippen LogP contribution < -0.4 is 20.7 Å². The van der Waals surface area contributed by atoms with Crippen molar-refractivity contribution in [3.05, 3.63) is 53.8 Å². The van der Waals surface area contributed by atoms with Crippen molar-refractivity contribution in [1.29, 1.82) is 0 Å². The minimum absolute atomic E-state index is 0.0320. The van der Waals surface area contributed by atoms with Gasteiger partial charge >= 0.3 is 0 Å². The third-order valence-corrected chi connectivity index (χ3v) is 5.44. The summed E-state index contributed by atoms with van der Waals surface area (Å²) in [6, 6.07) is 12.6. The Bertz CT molecular complexity index is 1200. The van der Waals surface area contributed by atoms with Crippen LogP contribution in [0.4, 0.5) is 11.4 Å². The normalized spacial score (nSPS) is 16.1. The van der Waals surface area contributed by atoms with Gasteiger partial charge < -0.3 is 25.1 Å².